The number of nitrogens with zero attached hydrogens (tertiary/aromatic N) is 2. The van der Waals surface area contributed by atoms with E-state index in [-0.39, 0.29) is 29.7 Å². The number of guanidine groups is 1. The molecule has 1 rings (SSSR count). The van der Waals surface area contributed by atoms with Crippen LogP contribution in [0.5, 0.6) is 0 Å². The quantitative estimate of drug-likeness (QED) is 0.329. The molecule has 0 aromatic heterocycles. The summed E-state index contributed by atoms with van der Waals surface area (Å²) in [6, 6.07) is 0. The van der Waals surface area contributed by atoms with E-state index >= 15 is 0 Å². The lowest BCUT2D eigenvalue weighted by Crippen LogP contribution is -2.57. The molecule has 0 unspecified atom stereocenters. The molecule has 5 nitrogen and oxygen atoms in total. The summed E-state index contributed by atoms with van der Waals surface area (Å²) in [5.41, 5.74) is 0. The first-order valence-electron chi connectivity index (χ1n) is 7.02. The van der Waals surface area contributed by atoms with Crippen LogP contribution in [0.3, 0.4) is 0 Å². The fourth-order valence-corrected chi connectivity index (χ4v) is 3.60. The molecular formula is C13H28IN3O2S. The van der Waals surface area contributed by atoms with Gasteiger partial charge >= 0.3 is 0 Å². The second-order valence-electron chi connectivity index (χ2n) is 5.68. The number of hydrogen-bond donors (Lipinski definition) is 1. The van der Waals surface area contributed by atoms with Gasteiger partial charge in [0.2, 0.25) is 0 Å². The van der Waals surface area contributed by atoms with Crippen molar-refractivity contribution in [2.75, 3.05) is 32.4 Å². The smallest absolute Gasteiger partial charge is 0.193 e. The molecule has 120 valence electrons. The lowest BCUT2D eigenvalue weighted by molar-refractivity contribution is 0.353. The van der Waals surface area contributed by atoms with Crippen molar-refractivity contribution in [1.29, 1.82) is 0 Å². The normalized spacial score (nSPS) is 21.2. The molecule has 0 aromatic rings. The molecule has 0 atom stereocenters. The van der Waals surface area contributed by atoms with E-state index < -0.39 is 14.6 Å². The highest BCUT2D eigenvalue weighted by molar-refractivity contribution is 14.0. The Bertz CT molecular complexity index is 421. The molecule has 0 aromatic carbocycles. The third kappa shape index (κ3) is 5.05. The first kappa shape index (κ1) is 19.9. The summed E-state index contributed by atoms with van der Waals surface area (Å²) in [5.74, 6) is 1.02. The van der Waals surface area contributed by atoms with Gasteiger partial charge in [-0.2, -0.15) is 0 Å². The van der Waals surface area contributed by atoms with E-state index in [0.29, 0.717) is 13.1 Å². The number of rotatable bonds is 4. The number of aliphatic imine (C=N–C) groups is 1. The Kier molecular flexibility index (Phi) is 8.39. The van der Waals surface area contributed by atoms with E-state index in [0.717, 1.165) is 18.9 Å². The maximum Gasteiger partial charge on any atom is 0.193 e. The van der Waals surface area contributed by atoms with E-state index in [1.165, 1.54) is 12.8 Å². The number of unbranched alkanes of at least 4 members (excludes halogenated alkanes) is 2. The van der Waals surface area contributed by atoms with Gasteiger partial charge in [0, 0.05) is 26.7 Å². The largest absolute Gasteiger partial charge is 0.356 e. The van der Waals surface area contributed by atoms with Gasteiger partial charge in [0.25, 0.3) is 0 Å². The summed E-state index contributed by atoms with van der Waals surface area (Å²) in [7, 11) is -1.24. The summed E-state index contributed by atoms with van der Waals surface area (Å²) >= 11 is 0. The zero-order valence-corrected chi connectivity index (χ0v) is 16.1. The van der Waals surface area contributed by atoms with Crippen molar-refractivity contribution in [3.63, 3.8) is 0 Å². The summed E-state index contributed by atoms with van der Waals surface area (Å²) in [6.07, 6.45) is 3.50. The van der Waals surface area contributed by atoms with Crippen molar-refractivity contribution in [1.82, 2.24) is 10.2 Å². The van der Waals surface area contributed by atoms with Crippen molar-refractivity contribution < 1.29 is 8.42 Å². The minimum Gasteiger partial charge on any atom is -0.356 e. The Morgan fingerprint density at radius 2 is 2.00 bits per heavy atom. The van der Waals surface area contributed by atoms with Gasteiger partial charge in [0.05, 0.1) is 10.5 Å². The molecule has 0 aliphatic carbocycles. The molecule has 0 spiro atoms. The Balaban J connectivity index is 0.00000361. The Morgan fingerprint density at radius 1 is 1.35 bits per heavy atom. The molecule has 20 heavy (non-hydrogen) atoms. The van der Waals surface area contributed by atoms with Crippen molar-refractivity contribution in [2.24, 2.45) is 4.99 Å². The molecule has 1 N–H and O–H groups in total. The summed E-state index contributed by atoms with van der Waals surface area (Å²) in [5, 5.41) is 3.32. The summed E-state index contributed by atoms with van der Waals surface area (Å²) < 4.78 is 23.2. The highest BCUT2D eigenvalue weighted by Gasteiger charge is 2.40. The number of hydrogen-bond acceptors (Lipinski definition) is 3. The van der Waals surface area contributed by atoms with Crippen LogP contribution in [0, 0.1) is 0 Å². The second kappa shape index (κ2) is 8.41. The van der Waals surface area contributed by atoms with Crippen LogP contribution in [-0.4, -0.2) is 56.5 Å². The first-order chi connectivity index (χ1) is 8.84. The van der Waals surface area contributed by atoms with Gasteiger partial charge in [0.15, 0.2) is 15.8 Å². The zero-order valence-electron chi connectivity index (χ0n) is 13.0. The van der Waals surface area contributed by atoms with Crippen molar-refractivity contribution in [3.8, 4) is 0 Å². The van der Waals surface area contributed by atoms with Gasteiger partial charge in [-0.3, -0.25) is 4.99 Å². The standard InChI is InChI=1S/C13H27N3O2S.HI/c1-5-6-7-8-15-12(14-4)16-9-10-19(17,18)13(2,3)11-16;/h5-11H2,1-4H3,(H,14,15);1H. The molecule has 0 saturated carbocycles. The third-order valence-corrected chi connectivity index (χ3v) is 6.15. The molecule has 0 radical (unpaired) electrons. The van der Waals surface area contributed by atoms with Crippen LogP contribution in [0.15, 0.2) is 4.99 Å². The zero-order chi connectivity index (χ0) is 14.5. The summed E-state index contributed by atoms with van der Waals surface area (Å²) in [6.45, 7) is 7.68. The SMILES string of the molecule is CCCCCNC(=NC)N1CCS(=O)(=O)C(C)(C)C1.I. The highest BCUT2D eigenvalue weighted by Crippen LogP contribution is 2.23. The van der Waals surface area contributed by atoms with Crippen LogP contribution in [0.2, 0.25) is 0 Å². The molecular weight excluding hydrogens is 389 g/mol. The van der Waals surface area contributed by atoms with Crippen LogP contribution in [0.4, 0.5) is 0 Å². The average molecular weight is 417 g/mol. The number of halogens is 1. The van der Waals surface area contributed by atoms with E-state index in [1.54, 1.807) is 20.9 Å². The van der Waals surface area contributed by atoms with Gasteiger partial charge in [-0.25, -0.2) is 8.42 Å². The lowest BCUT2D eigenvalue weighted by Gasteiger charge is -2.39. The maximum atomic E-state index is 12.0. The maximum absolute atomic E-state index is 12.0. The predicted octanol–water partition coefficient (Wildman–Crippen LogP) is 1.88. The van der Waals surface area contributed by atoms with E-state index in [1.807, 2.05) is 4.90 Å². The van der Waals surface area contributed by atoms with Gasteiger partial charge in [-0.05, 0) is 20.3 Å². The molecule has 1 heterocycles. The number of sulfone groups is 1. The van der Waals surface area contributed by atoms with Crippen LogP contribution < -0.4 is 5.32 Å². The van der Waals surface area contributed by atoms with E-state index in [9.17, 15) is 8.42 Å². The van der Waals surface area contributed by atoms with Gasteiger partial charge in [-0.15, -0.1) is 24.0 Å². The molecule has 1 saturated heterocycles. The van der Waals surface area contributed by atoms with Crippen LogP contribution >= 0.6 is 24.0 Å². The van der Waals surface area contributed by atoms with E-state index in [2.05, 4.69) is 17.2 Å². The summed E-state index contributed by atoms with van der Waals surface area (Å²) in [4.78, 5) is 6.31. The fourth-order valence-electron chi connectivity index (χ4n) is 2.23. The van der Waals surface area contributed by atoms with Gasteiger partial charge in [0.1, 0.15) is 0 Å². The van der Waals surface area contributed by atoms with Gasteiger partial charge < -0.3 is 10.2 Å². The van der Waals surface area contributed by atoms with Crippen LogP contribution in [0.1, 0.15) is 40.0 Å². The molecule has 0 amide bonds. The number of nitrogens with one attached hydrogen (secondary N) is 1. The molecule has 1 aliphatic heterocycles. The Hall–Kier alpha value is -0.0500. The first-order valence-corrected chi connectivity index (χ1v) is 8.67. The topological polar surface area (TPSA) is 61.8 Å². The monoisotopic (exact) mass is 417 g/mol. The Morgan fingerprint density at radius 3 is 2.50 bits per heavy atom. The minimum absolute atomic E-state index is 0. The van der Waals surface area contributed by atoms with Crippen LogP contribution in [-0.2, 0) is 9.84 Å². The van der Waals surface area contributed by atoms with Crippen molar-refractivity contribution in [3.05, 3.63) is 0 Å². The predicted molar refractivity (Wildman–Crippen MR) is 95.7 cm³/mol. The average Bonchev–Trinajstić information content (AvgIpc) is 2.33. The lowest BCUT2D eigenvalue weighted by atomic mass is 10.2. The highest BCUT2D eigenvalue weighted by atomic mass is 127. The molecule has 1 aliphatic rings. The molecule has 7 heteroatoms. The van der Waals surface area contributed by atoms with Crippen molar-refractivity contribution >= 4 is 39.8 Å². The molecule has 1 fully saturated rings. The Labute approximate surface area is 140 Å². The third-order valence-electron chi connectivity index (χ3n) is 3.62. The van der Waals surface area contributed by atoms with Gasteiger partial charge in [-0.1, -0.05) is 19.8 Å². The minimum atomic E-state index is -2.99. The van der Waals surface area contributed by atoms with E-state index in [4.69, 9.17) is 0 Å². The second-order valence-corrected chi connectivity index (χ2v) is 8.42. The fraction of sp³-hybridized carbons (Fsp3) is 0.923. The molecule has 0 bridgehead atoms. The van der Waals surface area contributed by atoms with Crippen LogP contribution in [0.25, 0.3) is 0 Å². The van der Waals surface area contributed by atoms with Crippen molar-refractivity contribution in [2.45, 2.75) is 44.8 Å².